The molecule has 1 aliphatic rings. The van der Waals surface area contributed by atoms with Crippen LogP contribution in [-0.2, 0) is 6.42 Å². The molecule has 0 aliphatic heterocycles. The second kappa shape index (κ2) is 13.1. The largest absolute Gasteiger partial charge is 0.313 e. The van der Waals surface area contributed by atoms with Crippen molar-refractivity contribution in [1.82, 2.24) is 29.1 Å². The van der Waals surface area contributed by atoms with Crippen molar-refractivity contribution in [2.24, 2.45) is 0 Å². The van der Waals surface area contributed by atoms with Gasteiger partial charge in [-0.25, -0.2) is 15.0 Å². The molecule has 264 valence electrons. The summed E-state index contributed by atoms with van der Waals surface area (Å²) in [5, 5.41) is 3.68. The van der Waals surface area contributed by atoms with E-state index in [0.717, 1.165) is 40.7 Å². The van der Waals surface area contributed by atoms with Crippen LogP contribution in [0.4, 0.5) is 0 Å². The normalized spacial score (nSPS) is 12.4. The minimum atomic E-state index is 0.531. The van der Waals surface area contributed by atoms with Crippen LogP contribution in [0, 0.1) is 0 Å². The van der Waals surface area contributed by atoms with E-state index >= 15 is 0 Å². The summed E-state index contributed by atoms with van der Waals surface area (Å²) in [5.41, 5.74) is 13.3. The molecule has 0 unspecified atom stereocenters. The van der Waals surface area contributed by atoms with Gasteiger partial charge in [-0.2, -0.15) is 0 Å². The van der Waals surface area contributed by atoms with E-state index < -0.39 is 0 Å². The summed E-state index contributed by atoms with van der Waals surface area (Å²) in [6, 6.07) is 57.3. The molecule has 0 spiro atoms. The van der Waals surface area contributed by atoms with E-state index in [4.69, 9.17) is 19.9 Å². The summed E-state index contributed by atoms with van der Waals surface area (Å²) >= 11 is 0. The zero-order chi connectivity index (χ0) is 37.0. The highest BCUT2D eigenvalue weighted by molar-refractivity contribution is 6.10. The molecule has 56 heavy (non-hydrogen) atoms. The molecule has 0 bridgehead atoms. The smallest absolute Gasteiger partial charge is 0.182 e. The van der Waals surface area contributed by atoms with Crippen molar-refractivity contribution in [3.05, 3.63) is 187 Å². The number of hydrogen-bond acceptors (Lipinski definition) is 4. The van der Waals surface area contributed by atoms with Gasteiger partial charge in [-0.15, -0.1) is 0 Å². The van der Waals surface area contributed by atoms with Gasteiger partial charge in [0.1, 0.15) is 5.69 Å². The van der Waals surface area contributed by atoms with Crippen LogP contribution in [-0.4, -0.2) is 29.1 Å². The number of pyridine rings is 1. The van der Waals surface area contributed by atoms with E-state index in [0.29, 0.717) is 23.2 Å². The zero-order valence-corrected chi connectivity index (χ0v) is 30.4. The summed E-state index contributed by atoms with van der Waals surface area (Å²) in [7, 11) is 0. The highest BCUT2D eigenvalue weighted by atomic mass is 15.1. The summed E-state index contributed by atoms with van der Waals surface area (Å²) in [4.78, 5) is 19.6. The van der Waals surface area contributed by atoms with Gasteiger partial charge in [0.05, 0.1) is 28.4 Å². The van der Waals surface area contributed by atoms with E-state index in [9.17, 15) is 0 Å². The van der Waals surface area contributed by atoms with Crippen LogP contribution in [0.15, 0.2) is 176 Å². The van der Waals surface area contributed by atoms with E-state index in [1.165, 1.54) is 49.7 Å². The van der Waals surface area contributed by atoms with Crippen LogP contribution in [0.2, 0.25) is 0 Å². The van der Waals surface area contributed by atoms with Gasteiger partial charge in [0.25, 0.3) is 0 Å². The van der Waals surface area contributed by atoms with Crippen LogP contribution < -0.4 is 0 Å². The highest BCUT2D eigenvalue weighted by Gasteiger charge is 2.20. The molecule has 0 radical (unpaired) electrons. The molecule has 6 nitrogen and oxygen atoms in total. The molecule has 0 N–H and O–H groups in total. The molecule has 1 aliphatic carbocycles. The Morgan fingerprint density at radius 3 is 1.70 bits per heavy atom. The third-order valence-corrected chi connectivity index (χ3v) is 10.9. The lowest BCUT2D eigenvalue weighted by molar-refractivity contribution is 0.888. The van der Waals surface area contributed by atoms with Crippen molar-refractivity contribution >= 4 is 38.8 Å². The molecular formula is C50H34N6. The fraction of sp³-hybridized carbons (Fsp3) is 0.0400. The van der Waals surface area contributed by atoms with Crippen LogP contribution in [0.5, 0.6) is 0 Å². The minimum absolute atomic E-state index is 0.531. The van der Waals surface area contributed by atoms with Crippen molar-refractivity contribution in [2.75, 3.05) is 0 Å². The Kier molecular flexibility index (Phi) is 7.52. The quantitative estimate of drug-likeness (QED) is 0.172. The third-order valence-electron chi connectivity index (χ3n) is 10.9. The lowest BCUT2D eigenvalue weighted by atomic mass is 9.98. The van der Waals surface area contributed by atoms with E-state index in [2.05, 4.69) is 118 Å². The van der Waals surface area contributed by atoms with Crippen LogP contribution in [0.1, 0.15) is 17.7 Å². The average Bonchev–Trinajstić information content (AvgIpc) is 3.79. The Balaban J connectivity index is 1.00. The first-order valence-electron chi connectivity index (χ1n) is 19.0. The fourth-order valence-electron chi connectivity index (χ4n) is 8.28. The van der Waals surface area contributed by atoms with Gasteiger partial charge < -0.3 is 9.13 Å². The monoisotopic (exact) mass is 718 g/mol. The van der Waals surface area contributed by atoms with Gasteiger partial charge >= 0.3 is 0 Å². The number of hydrogen-bond donors (Lipinski definition) is 0. The lowest BCUT2D eigenvalue weighted by Gasteiger charge is -2.13. The van der Waals surface area contributed by atoms with E-state index in [-0.39, 0.29) is 0 Å². The van der Waals surface area contributed by atoms with E-state index in [1.54, 1.807) is 0 Å². The number of nitrogens with zero attached hydrogens (tertiary/aromatic N) is 6. The number of aromatic nitrogens is 6. The predicted octanol–water partition coefficient (Wildman–Crippen LogP) is 11.9. The SMILES string of the molecule is C1=Cc2c(n(-c3ccccc3)c3ccc(-c4ccc5c(c4)c4ccccc4n5-c4ccc(-c5nc(-c6ccccc6)nc(-c6ccccc6)n5)nc4)cc23)CC1. The zero-order valence-electron chi connectivity index (χ0n) is 30.4. The molecule has 0 fully saturated rings. The third kappa shape index (κ3) is 5.34. The number of para-hydroxylation sites is 2. The van der Waals surface area contributed by atoms with Gasteiger partial charge in [-0.05, 0) is 78.6 Å². The van der Waals surface area contributed by atoms with Crippen LogP contribution in [0.3, 0.4) is 0 Å². The predicted molar refractivity (Wildman–Crippen MR) is 228 cm³/mol. The number of benzene rings is 6. The Morgan fingerprint density at radius 2 is 1.02 bits per heavy atom. The molecule has 0 saturated heterocycles. The first-order chi connectivity index (χ1) is 27.8. The molecule has 10 aromatic rings. The highest BCUT2D eigenvalue weighted by Crippen LogP contribution is 2.39. The maximum Gasteiger partial charge on any atom is 0.182 e. The Bertz CT molecular complexity index is 3050. The van der Waals surface area contributed by atoms with Gasteiger partial charge in [0.2, 0.25) is 0 Å². The van der Waals surface area contributed by atoms with Gasteiger partial charge in [0, 0.05) is 44.2 Å². The van der Waals surface area contributed by atoms with E-state index in [1.807, 2.05) is 72.9 Å². The molecular weight excluding hydrogens is 685 g/mol. The lowest BCUT2D eigenvalue weighted by Crippen LogP contribution is -2.02. The number of fused-ring (bicyclic) bond motifs is 6. The first kappa shape index (κ1) is 32.0. The Labute approximate surface area is 323 Å². The van der Waals surface area contributed by atoms with Crippen LogP contribution in [0.25, 0.3) is 95.6 Å². The van der Waals surface area contributed by atoms with Gasteiger partial charge in [-0.3, -0.25) is 4.98 Å². The molecule has 11 rings (SSSR count). The average molecular weight is 719 g/mol. The molecule has 6 heteroatoms. The van der Waals surface area contributed by atoms with Crippen molar-refractivity contribution in [3.63, 3.8) is 0 Å². The minimum Gasteiger partial charge on any atom is -0.313 e. The Hall–Kier alpha value is -7.44. The maximum atomic E-state index is 4.96. The molecule has 0 saturated carbocycles. The van der Waals surface area contributed by atoms with Gasteiger partial charge in [0.15, 0.2) is 17.5 Å². The molecule has 6 aromatic carbocycles. The Morgan fingerprint density at radius 1 is 0.429 bits per heavy atom. The topological polar surface area (TPSA) is 61.4 Å². The molecule has 4 aromatic heterocycles. The number of allylic oxidation sites excluding steroid dienone is 1. The van der Waals surface area contributed by atoms with Crippen molar-refractivity contribution < 1.29 is 0 Å². The van der Waals surface area contributed by atoms with Crippen molar-refractivity contribution in [3.8, 4) is 56.8 Å². The fourth-order valence-corrected chi connectivity index (χ4v) is 8.28. The van der Waals surface area contributed by atoms with Gasteiger partial charge in [-0.1, -0.05) is 121 Å². The molecule has 0 atom stereocenters. The summed E-state index contributed by atoms with van der Waals surface area (Å²) in [6.07, 6.45) is 8.63. The summed E-state index contributed by atoms with van der Waals surface area (Å²) in [5.74, 6) is 1.76. The molecule has 4 heterocycles. The van der Waals surface area contributed by atoms with Crippen molar-refractivity contribution in [2.45, 2.75) is 12.8 Å². The van der Waals surface area contributed by atoms with Crippen molar-refractivity contribution in [1.29, 1.82) is 0 Å². The first-order valence-corrected chi connectivity index (χ1v) is 19.0. The second-order valence-electron chi connectivity index (χ2n) is 14.2. The maximum absolute atomic E-state index is 4.96. The summed E-state index contributed by atoms with van der Waals surface area (Å²) < 4.78 is 4.74. The second-order valence-corrected chi connectivity index (χ2v) is 14.2. The summed E-state index contributed by atoms with van der Waals surface area (Å²) in [6.45, 7) is 0. The van der Waals surface area contributed by atoms with Crippen LogP contribution >= 0.6 is 0 Å². The standard InChI is InChI=1S/C50H34N6/c1-4-14-33(15-5-1)48-52-49(34-16-6-2-7-17-34)54-50(53-48)43-27-26-38(32-51-43)56-45-23-13-11-21-40(45)42-31-36(25-29-47(42)56)35-24-28-46-41(30-35)39-20-10-12-22-44(39)55(46)37-18-8-3-9-19-37/h1-11,13-21,23-32H,12,22H2. The molecule has 0 amide bonds. The number of rotatable bonds is 6.